The predicted molar refractivity (Wildman–Crippen MR) is 87.4 cm³/mol. The van der Waals surface area contributed by atoms with E-state index in [4.69, 9.17) is 0 Å². The van der Waals surface area contributed by atoms with E-state index in [0.717, 1.165) is 32.7 Å². The third-order valence-corrected chi connectivity index (χ3v) is 4.74. The molecule has 2 saturated heterocycles. The van der Waals surface area contributed by atoms with E-state index in [9.17, 15) is 4.79 Å². The lowest BCUT2D eigenvalue weighted by atomic mass is 9.97. The van der Waals surface area contributed by atoms with Crippen molar-refractivity contribution in [3.05, 3.63) is 0 Å². The molecule has 1 atom stereocenters. The molecule has 2 heterocycles. The van der Waals surface area contributed by atoms with E-state index in [1.807, 2.05) is 0 Å². The largest absolute Gasteiger partial charge is 0.342 e. The number of rotatable bonds is 5. The molecule has 1 unspecified atom stereocenters. The number of carbonyl (C=O) groups is 1. The van der Waals surface area contributed by atoms with E-state index in [-0.39, 0.29) is 0 Å². The van der Waals surface area contributed by atoms with Gasteiger partial charge in [-0.3, -0.25) is 9.69 Å². The smallest absolute Gasteiger partial charge is 0.236 e. The van der Waals surface area contributed by atoms with Crippen LogP contribution in [-0.2, 0) is 4.79 Å². The van der Waals surface area contributed by atoms with Crippen LogP contribution in [0.25, 0.3) is 0 Å². The van der Waals surface area contributed by atoms with E-state index in [1.54, 1.807) is 0 Å². The summed E-state index contributed by atoms with van der Waals surface area (Å²) in [5.74, 6) is 1.06. The van der Waals surface area contributed by atoms with Crippen molar-refractivity contribution in [2.24, 2.45) is 5.92 Å². The Hall–Kier alpha value is -0.610. The predicted octanol–water partition coefficient (Wildman–Crippen LogP) is 2.10. The van der Waals surface area contributed by atoms with E-state index >= 15 is 0 Å². The average molecular weight is 295 g/mol. The lowest BCUT2D eigenvalue weighted by Crippen LogP contribution is -2.46. The first-order chi connectivity index (χ1) is 10.1. The summed E-state index contributed by atoms with van der Waals surface area (Å²) in [4.78, 5) is 16.9. The minimum absolute atomic E-state index is 0.356. The van der Waals surface area contributed by atoms with Gasteiger partial charge in [0.1, 0.15) is 0 Å². The number of hydrogen-bond acceptors (Lipinski definition) is 3. The highest BCUT2D eigenvalue weighted by Gasteiger charge is 2.24. The summed E-state index contributed by atoms with van der Waals surface area (Å²) in [6.45, 7) is 10.3. The minimum atomic E-state index is 0.356. The van der Waals surface area contributed by atoms with Crippen LogP contribution in [0.15, 0.2) is 0 Å². The molecule has 2 rings (SSSR count). The van der Waals surface area contributed by atoms with E-state index in [2.05, 4.69) is 29.0 Å². The number of nitrogens with zero attached hydrogens (tertiary/aromatic N) is 2. The highest BCUT2D eigenvalue weighted by Crippen LogP contribution is 2.17. The SMILES string of the molecule is CC(C)NCC1CCCN(CC(=O)N2CCCCCC2)C1. The van der Waals surface area contributed by atoms with Gasteiger partial charge < -0.3 is 10.2 Å². The topological polar surface area (TPSA) is 35.6 Å². The number of carbonyl (C=O) groups excluding carboxylic acids is 1. The van der Waals surface area contributed by atoms with Crippen molar-refractivity contribution in [2.75, 3.05) is 39.3 Å². The number of nitrogens with one attached hydrogen (secondary N) is 1. The van der Waals surface area contributed by atoms with Gasteiger partial charge in [0.25, 0.3) is 0 Å². The molecule has 2 fully saturated rings. The van der Waals surface area contributed by atoms with Crippen LogP contribution < -0.4 is 5.32 Å². The number of amides is 1. The zero-order valence-corrected chi connectivity index (χ0v) is 13.9. The Bertz CT molecular complexity index is 311. The second-order valence-electron chi connectivity index (χ2n) is 7.10. The molecule has 4 heteroatoms. The Morgan fingerprint density at radius 2 is 1.81 bits per heavy atom. The van der Waals surface area contributed by atoms with Crippen LogP contribution >= 0.6 is 0 Å². The van der Waals surface area contributed by atoms with Gasteiger partial charge in [0, 0.05) is 25.7 Å². The Morgan fingerprint density at radius 3 is 2.48 bits per heavy atom. The van der Waals surface area contributed by atoms with Crippen LogP contribution in [-0.4, -0.2) is 61.0 Å². The molecule has 122 valence electrons. The Labute approximate surface area is 130 Å². The molecule has 0 aromatic carbocycles. The molecular weight excluding hydrogens is 262 g/mol. The number of likely N-dealkylation sites (tertiary alicyclic amines) is 2. The van der Waals surface area contributed by atoms with Gasteiger partial charge in [-0.2, -0.15) is 0 Å². The van der Waals surface area contributed by atoms with Gasteiger partial charge in [0.05, 0.1) is 6.54 Å². The second kappa shape index (κ2) is 8.74. The van der Waals surface area contributed by atoms with Crippen molar-refractivity contribution < 1.29 is 4.79 Å². The summed E-state index contributed by atoms with van der Waals surface area (Å²) in [5.41, 5.74) is 0. The van der Waals surface area contributed by atoms with Crippen molar-refractivity contribution >= 4 is 5.91 Å². The maximum atomic E-state index is 12.5. The monoisotopic (exact) mass is 295 g/mol. The summed E-state index contributed by atoms with van der Waals surface area (Å²) in [6, 6.07) is 0.555. The van der Waals surface area contributed by atoms with Crippen LogP contribution in [0.5, 0.6) is 0 Å². The fraction of sp³-hybridized carbons (Fsp3) is 0.941. The van der Waals surface area contributed by atoms with Gasteiger partial charge in [-0.15, -0.1) is 0 Å². The van der Waals surface area contributed by atoms with Crippen LogP contribution in [0.3, 0.4) is 0 Å². The fourth-order valence-electron chi connectivity index (χ4n) is 3.48. The van der Waals surface area contributed by atoms with Gasteiger partial charge in [-0.1, -0.05) is 26.7 Å². The normalized spacial score (nSPS) is 25.1. The first-order valence-corrected chi connectivity index (χ1v) is 8.88. The highest BCUT2D eigenvalue weighted by atomic mass is 16.2. The van der Waals surface area contributed by atoms with Crippen molar-refractivity contribution in [2.45, 2.75) is 58.4 Å². The maximum absolute atomic E-state index is 12.5. The molecule has 21 heavy (non-hydrogen) atoms. The van der Waals surface area contributed by atoms with Gasteiger partial charge >= 0.3 is 0 Å². The Morgan fingerprint density at radius 1 is 1.10 bits per heavy atom. The van der Waals surface area contributed by atoms with Gasteiger partial charge in [-0.25, -0.2) is 0 Å². The van der Waals surface area contributed by atoms with E-state index < -0.39 is 0 Å². The van der Waals surface area contributed by atoms with Crippen LogP contribution in [0, 0.1) is 5.92 Å². The lowest BCUT2D eigenvalue weighted by Gasteiger charge is -2.34. The third kappa shape index (κ3) is 5.95. The summed E-state index contributed by atoms with van der Waals surface area (Å²) in [6.07, 6.45) is 7.48. The van der Waals surface area contributed by atoms with E-state index in [0.29, 0.717) is 24.4 Å². The molecule has 0 radical (unpaired) electrons. The molecule has 1 N–H and O–H groups in total. The third-order valence-electron chi connectivity index (χ3n) is 4.74. The Kier molecular flexibility index (Phi) is 6.97. The first kappa shape index (κ1) is 16.8. The van der Waals surface area contributed by atoms with Crippen LogP contribution in [0.2, 0.25) is 0 Å². The summed E-state index contributed by atoms with van der Waals surface area (Å²) in [7, 11) is 0. The van der Waals surface area contributed by atoms with Gasteiger partial charge in [0.2, 0.25) is 5.91 Å². The molecular formula is C17H33N3O. The van der Waals surface area contributed by atoms with Crippen molar-refractivity contribution in [3.63, 3.8) is 0 Å². The molecule has 4 nitrogen and oxygen atoms in total. The summed E-state index contributed by atoms with van der Waals surface area (Å²) < 4.78 is 0. The second-order valence-corrected chi connectivity index (χ2v) is 7.10. The Balaban J connectivity index is 1.74. The van der Waals surface area contributed by atoms with Crippen LogP contribution in [0.1, 0.15) is 52.4 Å². The van der Waals surface area contributed by atoms with Crippen LogP contribution in [0.4, 0.5) is 0 Å². The zero-order valence-electron chi connectivity index (χ0n) is 13.9. The van der Waals surface area contributed by atoms with Gasteiger partial charge in [0.15, 0.2) is 0 Å². The molecule has 2 aliphatic rings. The quantitative estimate of drug-likeness (QED) is 0.844. The zero-order chi connectivity index (χ0) is 15.1. The minimum Gasteiger partial charge on any atom is -0.342 e. The van der Waals surface area contributed by atoms with E-state index in [1.165, 1.54) is 38.5 Å². The van der Waals surface area contributed by atoms with Crippen molar-refractivity contribution in [3.8, 4) is 0 Å². The molecule has 0 aromatic rings. The number of piperidine rings is 1. The first-order valence-electron chi connectivity index (χ1n) is 8.88. The van der Waals surface area contributed by atoms with Gasteiger partial charge in [-0.05, 0) is 44.7 Å². The molecule has 2 aliphatic heterocycles. The molecule has 0 aliphatic carbocycles. The number of hydrogen-bond donors (Lipinski definition) is 1. The average Bonchev–Trinajstić information content (AvgIpc) is 2.74. The molecule has 1 amide bonds. The molecule has 0 spiro atoms. The molecule has 0 aromatic heterocycles. The molecule has 0 saturated carbocycles. The fourth-order valence-corrected chi connectivity index (χ4v) is 3.48. The lowest BCUT2D eigenvalue weighted by molar-refractivity contribution is -0.132. The van der Waals surface area contributed by atoms with Crippen molar-refractivity contribution in [1.82, 2.24) is 15.1 Å². The maximum Gasteiger partial charge on any atom is 0.236 e. The van der Waals surface area contributed by atoms with Crippen molar-refractivity contribution in [1.29, 1.82) is 0 Å². The summed E-state index contributed by atoms with van der Waals surface area (Å²) >= 11 is 0. The standard InChI is InChI=1S/C17H33N3O/c1-15(2)18-12-16-8-7-9-19(13-16)14-17(21)20-10-5-3-4-6-11-20/h15-16,18H,3-14H2,1-2H3. The summed E-state index contributed by atoms with van der Waals surface area (Å²) in [5, 5.41) is 3.54. The highest BCUT2D eigenvalue weighted by molar-refractivity contribution is 5.78. The molecule has 0 bridgehead atoms.